The van der Waals surface area contributed by atoms with Crippen LogP contribution >= 0.6 is 0 Å². The second kappa shape index (κ2) is 8.45. The molecule has 0 aromatic heterocycles. The third-order valence-corrected chi connectivity index (χ3v) is 2.80. The van der Waals surface area contributed by atoms with Crippen molar-refractivity contribution in [3.63, 3.8) is 0 Å². The molecule has 1 aromatic rings. The second-order valence-corrected chi connectivity index (χ2v) is 4.23. The molecule has 0 saturated heterocycles. The second-order valence-electron chi connectivity index (χ2n) is 4.23. The van der Waals surface area contributed by atoms with Gasteiger partial charge in [-0.25, -0.2) is 0 Å². The highest BCUT2D eigenvalue weighted by Gasteiger charge is 2.12. The fraction of sp³-hybridized carbons (Fsp3) is 0.400. The lowest BCUT2D eigenvalue weighted by molar-refractivity contribution is -0.131. The van der Waals surface area contributed by atoms with Gasteiger partial charge in [0.05, 0.1) is 13.2 Å². The molecular formula is C15H21NO3. The number of aliphatic hydroxyl groups is 1. The minimum Gasteiger partial charge on any atom is -0.392 e. The Morgan fingerprint density at radius 2 is 2.16 bits per heavy atom. The summed E-state index contributed by atoms with van der Waals surface area (Å²) in [6.45, 7) is 6.17. The van der Waals surface area contributed by atoms with Gasteiger partial charge in [-0.05, 0) is 24.5 Å². The number of hydrogen-bond acceptors (Lipinski definition) is 3. The number of ether oxygens (including phenoxy) is 1. The Balaban J connectivity index is 2.42. The van der Waals surface area contributed by atoms with Crippen molar-refractivity contribution < 1.29 is 14.6 Å². The molecule has 0 radical (unpaired) electrons. The van der Waals surface area contributed by atoms with Crippen molar-refractivity contribution in [2.24, 2.45) is 0 Å². The van der Waals surface area contributed by atoms with Crippen LogP contribution in [0, 0.1) is 0 Å². The Morgan fingerprint density at radius 1 is 1.47 bits per heavy atom. The van der Waals surface area contributed by atoms with Gasteiger partial charge in [0.1, 0.15) is 6.10 Å². The van der Waals surface area contributed by atoms with E-state index in [1.807, 2.05) is 24.3 Å². The van der Waals surface area contributed by atoms with Gasteiger partial charge in [0.2, 0.25) is 5.91 Å². The Morgan fingerprint density at radius 3 is 2.79 bits per heavy atom. The predicted molar refractivity (Wildman–Crippen MR) is 74.4 cm³/mol. The molecule has 2 N–H and O–H groups in total. The minimum atomic E-state index is -0.485. The van der Waals surface area contributed by atoms with Gasteiger partial charge in [-0.15, -0.1) is 6.58 Å². The summed E-state index contributed by atoms with van der Waals surface area (Å²) in [4.78, 5) is 11.8. The average Bonchev–Trinajstić information content (AvgIpc) is 2.45. The van der Waals surface area contributed by atoms with Crippen LogP contribution in [0.15, 0.2) is 36.9 Å². The van der Waals surface area contributed by atoms with Crippen LogP contribution < -0.4 is 5.32 Å². The van der Waals surface area contributed by atoms with Gasteiger partial charge in [-0.3, -0.25) is 4.79 Å². The quantitative estimate of drug-likeness (QED) is 0.555. The molecule has 0 bridgehead atoms. The summed E-state index contributed by atoms with van der Waals surface area (Å²) in [5, 5.41) is 12.0. The van der Waals surface area contributed by atoms with Gasteiger partial charge in [0.15, 0.2) is 0 Å². The average molecular weight is 263 g/mol. The van der Waals surface area contributed by atoms with Gasteiger partial charge < -0.3 is 15.2 Å². The highest BCUT2D eigenvalue weighted by Crippen LogP contribution is 2.08. The fourth-order valence-corrected chi connectivity index (χ4v) is 1.61. The molecule has 0 spiro atoms. The van der Waals surface area contributed by atoms with Crippen LogP contribution in [0.5, 0.6) is 0 Å². The van der Waals surface area contributed by atoms with E-state index in [9.17, 15) is 9.90 Å². The molecule has 1 rings (SSSR count). The molecule has 1 unspecified atom stereocenters. The number of benzene rings is 1. The van der Waals surface area contributed by atoms with Gasteiger partial charge in [0, 0.05) is 6.54 Å². The normalized spacial score (nSPS) is 11.9. The highest BCUT2D eigenvalue weighted by molar-refractivity contribution is 5.80. The number of hydrogen-bond donors (Lipinski definition) is 2. The van der Waals surface area contributed by atoms with Crippen LogP contribution in [0.1, 0.15) is 24.5 Å². The molecule has 0 saturated carbocycles. The lowest BCUT2D eigenvalue weighted by Crippen LogP contribution is -2.34. The van der Waals surface area contributed by atoms with E-state index in [-0.39, 0.29) is 12.5 Å². The molecule has 4 nitrogen and oxygen atoms in total. The largest absolute Gasteiger partial charge is 0.392 e. The molecule has 0 aliphatic carbocycles. The first-order valence-corrected chi connectivity index (χ1v) is 6.37. The number of nitrogens with one attached hydrogen (secondary N) is 1. The Kier molecular flexibility index (Phi) is 6.85. The van der Waals surface area contributed by atoms with Crippen LogP contribution in [0.4, 0.5) is 0 Å². The van der Waals surface area contributed by atoms with E-state index < -0.39 is 6.10 Å². The lowest BCUT2D eigenvalue weighted by atomic mass is 10.1. The van der Waals surface area contributed by atoms with E-state index in [1.54, 1.807) is 13.0 Å². The Bertz CT molecular complexity index is 418. The summed E-state index contributed by atoms with van der Waals surface area (Å²) >= 11 is 0. The Labute approximate surface area is 114 Å². The predicted octanol–water partition coefficient (Wildman–Crippen LogP) is 1.78. The van der Waals surface area contributed by atoms with Crippen LogP contribution in [0.2, 0.25) is 0 Å². The molecule has 4 heteroatoms. The minimum absolute atomic E-state index is 0.0303. The van der Waals surface area contributed by atoms with Gasteiger partial charge in [-0.2, -0.15) is 0 Å². The van der Waals surface area contributed by atoms with Gasteiger partial charge in [0.25, 0.3) is 0 Å². The van der Waals surface area contributed by atoms with Crippen LogP contribution in [0.3, 0.4) is 0 Å². The van der Waals surface area contributed by atoms with E-state index >= 15 is 0 Å². The maximum absolute atomic E-state index is 11.8. The van der Waals surface area contributed by atoms with E-state index in [0.29, 0.717) is 13.2 Å². The number of aliphatic hydroxyl groups excluding tert-OH is 1. The first kappa shape index (κ1) is 15.4. The van der Waals surface area contributed by atoms with Crippen LogP contribution in [-0.4, -0.2) is 23.7 Å². The summed E-state index contributed by atoms with van der Waals surface area (Å²) in [5.41, 5.74) is 1.74. The molecule has 0 aliphatic rings. The highest BCUT2D eigenvalue weighted by atomic mass is 16.5. The molecule has 1 amide bonds. The molecular weight excluding hydrogens is 242 g/mol. The maximum Gasteiger partial charge on any atom is 0.249 e. The first-order chi connectivity index (χ1) is 9.19. The first-order valence-electron chi connectivity index (χ1n) is 6.37. The van der Waals surface area contributed by atoms with E-state index in [2.05, 4.69) is 11.9 Å². The lowest BCUT2D eigenvalue weighted by Gasteiger charge is -2.14. The maximum atomic E-state index is 11.8. The number of carbonyl (C=O) groups is 1. The standard InChI is InChI=1S/C15H21NO3/c1-3-4-9-19-12(2)15(18)16-10-13-7-5-6-8-14(13)11-17/h3,5-8,12,17H,1,4,9-11H2,2H3,(H,16,18). The molecule has 1 atom stereocenters. The summed E-state index contributed by atoms with van der Waals surface area (Å²) in [6, 6.07) is 7.46. The Hall–Kier alpha value is -1.65. The van der Waals surface area contributed by atoms with Crippen molar-refractivity contribution in [2.75, 3.05) is 6.61 Å². The summed E-state index contributed by atoms with van der Waals surface area (Å²) in [5.74, 6) is -0.156. The van der Waals surface area contributed by atoms with Gasteiger partial charge >= 0.3 is 0 Å². The molecule has 19 heavy (non-hydrogen) atoms. The fourth-order valence-electron chi connectivity index (χ4n) is 1.61. The van der Waals surface area contributed by atoms with Crippen molar-refractivity contribution in [1.82, 2.24) is 5.32 Å². The van der Waals surface area contributed by atoms with Gasteiger partial charge in [-0.1, -0.05) is 30.3 Å². The van der Waals surface area contributed by atoms with Crippen LogP contribution in [0.25, 0.3) is 0 Å². The third kappa shape index (κ3) is 5.24. The monoisotopic (exact) mass is 263 g/mol. The number of amides is 1. The molecule has 1 aromatic carbocycles. The molecule has 0 fully saturated rings. The topological polar surface area (TPSA) is 58.6 Å². The van der Waals surface area contributed by atoms with Crippen molar-refractivity contribution in [3.8, 4) is 0 Å². The SMILES string of the molecule is C=CCCOC(C)C(=O)NCc1ccccc1CO. The number of rotatable bonds is 8. The molecule has 104 valence electrons. The van der Waals surface area contributed by atoms with Crippen molar-refractivity contribution in [2.45, 2.75) is 32.6 Å². The summed E-state index contributed by atoms with van der Waals surface area (Å²) in [7, 11) is 0. The van der Waals surface area contributed by atoms with Crippen LogP contribution in [-0.2, 0) is 22.7 Å². The zero-order valence-corrected chi connectivity index (χ0v) is 11.3. The van der Waals surface area contributed by atoms with E-state index in [1.165, 1.54) is 0 Å². The van der Waals surface area contributed by atoms with Crippen molar-refractivity contribution in [3.05, 3.63) is 48.0 Å². The zero-order chi connectivity index (χ0) is 14.1. The zero-order valence-electron chi connectivity index (χ0n) is 11.3. The molecule has 0 aliphatic heterocycles. The summed E-state index contributed by atoms with van der Waals surface area (Å²) < 4.78 is 5.36. The molecule has 0 heterocycles. The number of carbonyl (C=O) groups excluding carboxylic acids is 1. The smallest absolute Gasteiger partial charge is 0.249 e. The third-order valence-electron chi connectivity index (χ3n) is 2.80. The summed E-state index contributed by atoms with van der Waals surface area (Å²) in [6.07, 6.45) is 1.99. The van der Waals surface area contributed by atoms with Crippen molar-refractivity contribution in [1.29, 1.82) is 0 Å². The van der Waals surface area contributed by atoms with E-state index in [4.69, 9.17) is 4.74 Å². The van der Waals surface area contributed by atoms with Crippen molar-refractivity contribution >= 4 is 5.91 Å². The van der Waals surface area contributed by atoms with E-state index in [0.717, 1.165) is 17.5 Å².